The fourth-order valence-corrected chi connectivity index (χ4v) is 3.73. The van der Waals surface area contributed by atoms with Gasteiger partial charge in [0.1, 0.15) is 5.82 Å². The molecule has 0 aliphatic heterocycles. The van der Waals surface area contributed by atoms with Crippen LogP contribution in [0.2, 0.25) is 5.02 Å². The van der Waals surface area contributed by atoms with Crippen molar-refractivity contribution >= 4 is 28.5 Å². The minimum Gasteiger partial charge on any atom is -0.352 e. The van der Waals surface area contributed by atoms with Crippen LogP contribution in [0.4, 0.5) is 0 Å². The number of imidazole rings is 1. The Hall–Kier alpha value is -2.33. The number of benzene rings is 2. The fourth-order valence-electron chi connectivity index (χ4n) is 3.61. The summed E-state index contributed by atoms with van der Waals surface area (Å²) in [5.74, 6) is 0.955. The van der Waals surface area contributed by atoms with Crippen LogP contribution >= 0.6 is 11.6 Å². The summed E-state index contributed by atoms with van der Waals surface area (Å²) < 4.78 is 2.32. The molecule has 0 saturated heterocycles. The van der Waals surface area contributed by atoms with Gasteiger partial charge in [0.15, 0.2) is 0 Å². The molecule has 0 unspecified atom stereocenters. The van der Waals surface area contributed by atoms with Crippen LogP contribution in [0.3, 0.4) is 0 Å². The first-order valence-electron chi connectivity index (χ1n) is 10.7. The van der Waals surface area contributed by atoms with Gasteiger partial charge in [0, 0.05) is 30.1 Å². The molecular weight excluding hydrogens is 382 g/mol. The van der Waals surface area contributed by atoms with E-state index in [-0.39, 0.29) is 5.91 Å². The Morgan fingerprint density at radius 3 is 2.52 bits per heavy atom. The van der Waals surface area contributed by atoms with Crippen molar-refractivity contribution in [2.45, 2.75) is 58.4 Å². The number of aromatic nitrogens is 2. The first-order valence-corrected chi connectivity index (χ1v) is 11.0. The molecule has 0 aliphatic rings. The third kappa shape index (κ3) is 6.07. The lowest BCUT2D eigenvalue weighted by Crippen LogP contribution is -2.26. The second kappa shape index (κ2) is 11.0. The van der Waals surface area contributed by atoms with Crippen LogP contribution in [0.25, 0.3) is 11.0 Å². The van der Waals surface area contributed by atoms with Gasteiger partial charge < -0.3 is 9.88 Å². The van der Waals surface area contributed by atoms with E-state index in [4.69, 9.17) is 16.6 Å². The normalized spacial score (nSPS) is 11.1. The number of nitrogens with zero attached hydrogens (tertiary/aromatic N) is 2. The summed E-state index contributed by atoms with van der Waals surface area (Å²) in [6.45, 7) is 3.78. The first-order chi connectivity index (χ1) is 14.2. The predicted molar refractivity (Wildman–Crippen MR) is 121 cm³/mol. The molecule has 0 bridgehead atoms. The molecular formula is C24H30ClN3O. The lowest BCUT2D eigenvalue weighted by atomic mass is 10.1. The second-order valence-electron chi connectivity index (χ2n) is 7.45. The number of para-hydroxylation sites is 2. The van der Waals surface area contributed by atoms with Gasteiger partial charge in [0.2, 0.25) is 0 Å². The number of amides is 1. The summed E-state index contributed by atoms with van der Waals surface area (Å²) in [6.07, 6.45) is 8.35. The molecule has 154 valence electrons. The lowest BCUT2D eigenvalue weighted by Gasteiger charge is -2.10. The van der Waals surface area contributed by atoms with Crippen molar-refractivity contribution in [1.82, 2.24) is 14.9 Å². The third-order valence-electron chi connectivity index (χ3n) is 5.21. The number of carbonyl (C=O) groups is 1. The van der Waals surface area contributed by atoms with Crippen LogP contribution in [0.5, 0.6) is 0 Å². The zero-order chi connectivity index (χ0) is 20.5. The van der Waals surface area contributed by atoms with Crippen molar-refractivity contribution in [3.8, 4) is 0 Å². The van der Waals surface area contributed by atoms with E-state index >= 15 is 0 Å². The maximum Gasteiger partial charge on any atom is 0.251 e. The van der Waals surface area contributed by atoms with Gasteiger partial charge >= 0.3 is 0 Å². The monoisotopic (exact) mass is 411 g/mol. The molecule has 3 aromatic rings. The Morgan fingerprint density at radius 1 is 1.00 bits per heavy atom. The molecule has 1 N–H and O–H groups in total. The largest absolute Gasteiger partial charge is 0.352 e. The molecule has 3 rings (SSSR count). The van der Waals surface area contributed by atoms with E-state index in [1.807, 2.05) is 6.07 Å². The maximum absolute atomic E-state index is 12.3. The van der Waals surface area contributed by atoms with Crippen molar-refractivity contribution in [3.63, 3.8) is 0 Å². The van der Waals surface area contributed by atoms with E-state index in [2.05, 4.69) is 35.0 Å². The van der Waals surface area contributed by atoms with E-state index in [0.29, 0.717) is 23.6 Å². The van der Waals surface area contributed by atoms with Gasteiger partial charge in [-0.25, -0.2) is 4.98 Å². The number of aryl methyl sites for hydroxylation is 1. The summed E-state index contributed by atoms with van der Waals surface area (Å²) >= 11 is 5.89. The van der Waals surface area contributed by atoms with Crippen LogP contribution in [0.1, 0.15) is 61.6 Å². The van der Waals surface area contributed by atoms with Gasteiger partial charge in [-0.1, -0.05) is 62.8 Å². The van der Waals surface area contributed by atoms with Crippen molar-refractivity contribution in [1.29, 1.82) is 0 Å². The standard InChI is InChI=1S/C24H30ClN3O/c1-2-3-4-5-6-9-18-28-22-11-8-7-10-21(22)27-23(28)16-17-26-24(29)19-12-14-20(25)15-13-19/h7-8,10-15H,2-6,9,16-18H2,1H3,(H,26,29). The molecule has 0 spiro atoms. The van der Waals surface area contributed by atoms with E-state index in [0.717, 1.165) is 24.3 Å². The first kappa shape index (κ1) is 21.4. The van der Waals surface area contributed by atoms with E-state index in [1.165, 1.54) is 37.6 Å². The van der Waals surface area contributed by atoms with Gasteiger partial charge in [0.25, 0.3) is 5.91 Å². The average Bonchev–Trinajstić information content (AvgIpc) is 3.08. The molecule has 29 heavy (non-hydrogen) atoms. The topological polar surface area (TPSA) is 46.9 Å². The Morgan fingerprint density at radius 2 is 1.72 bits per heavy atom. The highest BCUT2D eigenvalue weighted by atomic mass is 35.5. The summed E-state index contributed by atoms with van der Waals surface area (Å²) in [4.78, 5) is 17.1. The van der Waals surface area contributed by atoms with Gasteiger partial charge in [-0.3, -0.25) is 4.79 Å². The van der Waals surface area contributed by atoms with Crippen molar-refractivity contribution < 1.29 is 4.79 Å². The number of hydrogen-bond donors (Lipinski definition) is 1. The Kier molecular flexibility index (Phi) is 8.12. The molecule has 1 aromatic heterocycles. The molecule has 1 amide bonds. The van der Waals surface area contributed by atoms with Gasteiger partial charge in [-0.05, 0) is 42.8 Å². The maximum atomic E-state index is 12.3. The van der Waals surface area contributed by atoms with Crippen molar-refractivity contribution in [3.05, 3.63) is 64.9 Å². The number of carbonyl (C=O) groups excluding carboxylic acids is 1. The Bertz CT molecular complexity index is 918. The van der Waals surface area contributed by atoms with Crippen molar-refractivity contribution in [2.75, 3.05) is 6.54 Å². The summed E-state index contributed by atoms with van der Waals surface area (Å²) in [7, 11) is 0. The minimum atomic E-state index is -0.0831. The lowest BCUT2D eigenvalue weighted by molar-refractivity contribution is 0.0954. The minimum absolute atomic E-state index is 0.0831. The summed E-state index contributed by atoms with van der Waals surface area (Å²) in [6, 6.07) is 15.2. The molecule has 0 aliphatic carbocycles. The highest BCUT2D eigenvalue weighted by Crippen LogP contribution is 2.18. The second-order valence-corrected chi connectivity index (χ2v) is 7.89. The molecule has 4 nitrogen and oxygen atoms in total. The summed E-state index contributed by atoms with van der Waals surface area (Å²) in [5, 5.41) is 3.62. The van der Waals surface area contributed by atoms with Crippen LogP contribution in [0, 0.1) is 0 Å². The number of fused-ring (bicyclic) bond motifs is 1. The smallest absolute Gasteiger partial charge is 0.251 e. The number of rotatable bonds is 11. The molecule has 5 heteroatoms. The SMILES string of the molecule is CCCCCCCCn1c(CCNC(=O)c2ccc(Cl)cc2)nc2ccccc21. The average molecular weight is 412 g/mol. The molecule has 2 aromatic carbocycles. The van der Waals surface area contributed by atoms with Crippen molar-refractivity contribution in [2.24, 2.45) is 0 Å². The highest BCUT2D eigenvalue weighted by Gasteiger charge is 2.11. The number of unbranched alkanes of at least 4 members (excludes halogenated alkanes) is 5. The van der Waals surface area contributed by atoms with Gasteiger partial charge in [-0.15, -0.1) is 0 Å². The number of hydrogen-bond acceptors (Lipinski definition) is 2. The van der Waals surface area contributed by atoms with E-state index in [1.54, 1.807) is 24.3 Å². The molecule has 0 atom stereocenters. The predicted octanol–water partition coefficient (Wildman–Crippen LogP) is 6.02. The zero-order valence-electron chi connectivity index (χ0n) is 17.2. The Balaban J connectivity index is 1.59. The Labute approximate surface area is 178 Å². The van der Waals surface area contributed by atoms with Crippen LogP contribution < -0.4 is 5.32 Å². The number of halogens is 1. The molecule has 0 fully saturated rings. The molecule has 0 radical (unpaired) electrons. The van der Waals surface area contributed by atoms with E-state index < -0.39 is 0 Å². The highest BCUT2D eigenvalue weighted by molar-refractivity contribution is 6.30. The van der Waals surface area contributed by atoms with Crippen LogP contribution in [0.15, 0.2) is 48.5 Å². The molecule has 0 saturated carbocycles. The third-order valence-corrected chi connectivity index (χ3v) is 5.46. The summed E-state index contributed by atoms with van der Waals surface area (Å²) in [5.41, 5.74) is 2.83. The quantitative estimate of drug-likeness (QED) is 0.392. The number of nitrogens with one attached hydrogen (secondary N) is 1. The molecule has 1 heterocycles. The zero-order valence-corrected chi connectivity index (χ0v) is 17.9. The van der Waals surface area contributed by atoms with Crippen LogP contribution in [-0.2, 0) is 13.0 Å². The van der Waals surface area contributed by atoms with E-state index in [9.17, 15) is 4.79 Å². The van der Waals surface area contributed by atoms with Gasteiger partial charge in [0.05, 0.1) is 11.0 Å². The van der Waals surface area contributed by atoms with Crippen LogP contribution in [-0.4, -0.2) is 22.0 Å². The fraction of sp³-hybridized carbons (Fsp3) is 0.417. The van der Waals surface area contributed by atoms with Gasteiger partial charge in [-0.2, -0.15) is 0 Å².